The zero-order valence-corrected chi connectivity index (χ0v) is 14.2. The van der Waals surface area contributed by atoms with Crippen LogP contribution in [0.1, 0.15) is 33.8 Å². The van der Waals surface area contributed by atoms with Gasteiger partial charge in [0.1, 0.15) is 0 Å². The number of halogens is 1. The highest BCUT2D eigenvalue weighted by Crippen LogP contribution is 2.38. The lowest BCUT2D eigenvalue weighted by atomic mass is 9.82. The summed E-state index contributed by atoms with van der Waals surface area (Å²) in [6.07, 6.45) is 0.0828. The lowest BCUT2D eigenvalue weighted by Crippen LogP contribution is -2.28. The number of benzene rings is 2. The van der Waals surface area contributed by atoms with Crippen LogP contribution in [0.25, 0.3) is 0 Å². The molecule has 0 heterocycles. The monoisotopic (exact) mass is 366 g/mol. The summed E-state index contributed by atoms with van der Waals surface area (Å²) in [5.74, 6) is -0.638. The van der Waals surface area contributed by atoms with Crippen molar-refractivity contribution >= 4 is 21.7 Å². The lowest BCUT2D eigenvalue weighted by Gasteiger charge is -2.24. The number of hydrogen-bond acceptors (Lipinski definition) is 3. The summed E-state index contributed by atoms with van der Waals surface area (Å²) in [5, 5.41) is 18.8. The van der Waals surface area contributed by atoms with E-state index >= 15 is 0 Å². The molecule has 0 amide bonds. The second-order valence-electron chi connectivity index (χ2n) is 5.39. The Morgan fingerprint density at radius 2 is 1.65 bits per heavy atom. The zero-order chi connectivity index (χ0) is 16.9. The molecule has 0 unspecified atom stereocenters. The summed E-state index contributed by atoms with van der Waals surface area (Å²) in [4.78, 5) is 12.6. The van der Waals surface area contributed by atoms with Gasteiger partial charge in [0, 0.05) is 17.9 Å². The van der Waals surface area contributed by atoms with Gasteiger partial charge < -0.3 is 0 Å². The molecule has 0 aromatic heterocycles. The molecule has 0 saturated carbocycles. The van der Waals surface area contributed by atoms with E-state index in [1.165, 1.54) is 0 Å². The highest BCUT2D eigenvalue weighted by atomic mass is 79.9. The predicted molar refractivity (Wildman–Crippen MR) is 92.2 cm³/mol. The minimum absolute atomic E-state index is 0.0828. The molecule has 2 rings (SSSR count). The van der Waals surface area contributed by atoms with Crippen LogP contribution in [-0.4, -0.2) is 10.1 Å². The van der Waals surface area contributed by atoms with Crippen molar-refractivity contribution < 1.29 is 4.79 Å². The Kier molecular flexibility index (Phi) is 5.32. The molecule has 0 aliphatic carbocycles. The SMILES string of the molecule is Cc1ccc(C(=O)C[C@@H](c2ccccc2)C(Br)(C#N)C#N)cc1. The van der Waals surface area contributed by atoms with Gasteiger partial charge in [0.05, 0.1) is 12.1 Å². The number of nitrogens with zero attached hydrogens (tertiary/aromatic N) is 2. The standard InChI is InChI=1S/C19H15BrN2O/c1-14-7-9-16(10-8-14)18(23)11-17(19(20,12-21)13-22)15-5-3-2-4-6-15/h2-10,17H,11H2,1H3/t17-/m0/s1. The van der Waals surface area contributed by atoms with Crippen molar-refractivity contribution in [3.63, 3.8) is 0 Å². The Morgan fingerprint density at radius 1 is 1.09 bits per heavy atom. The van der Waals surface area contributed by atoms with Crippen LogP contribution in [0.2, 0.25) is 0 Å². The van der Waals surface area contributed by atoms with Gasteiger partial charge in [-0.05, 0) is 12.5 Å². The van der Waals surface area contributed by atoms with Crippen LogP contribution in [-0.2, 0) is 0 Å². The van der Waals surface area contributed by atoms with Gasteiger partial charge in [-0.3, -0.25) is 4.79 Å². The molecule has 0 saturated heterocycles. The van der Waals surface area contributed by atoms with Crippen molar-refractivity contribution in [3.8, 4) is 12.1 Å². The highest BCUT2D eigenvalue weighted by Gasteiger charge is 2.39. The van der Waals surface area contributed by atoms with Crippen molar-refractivity contribution in [1.29, 1.82) is 10.5 Å². The summed E-state index contributed by atoms with van der Waals surface area (Å²) >= 11 is 3.22. The van der Waals surface area contributed by atoms with E-state index in [-0.39, 0.29) is 12.2 Å². The first-order chi connectivity index (χ1) is 11.0. The molecule has 0 aliphatic rings. The molecule has 3 nitrogen and oxygen atoms in total. The van der Waals surface area contributed by atoms with Gasteiger partial charge in [-0.25, -0.2) is 0 Å². The van der Waals surface area contributed by atoms with Gasteiger partial charge in [0.15, 0.2) is 5.78 Å². The molecule has 0 fully saturated rings. The number of carbonyl (C=O) groups excluding carboxylic acids is 1. The summed E-state index contributed by atoms with van der Waals surface area (Å²) in [7, 11) is 0. The minimum Gasteiger partial charge on any atom is -0.294 e. The van der Waals surface area contributed by atoms with Crippen molar-refractivity contribution in [3.05, 3.63) is 71.3 Å². The normalized spacial score (nSPS) is 12.0. The largest absolute Gasteiger partial charge is 0.294 e. The second kappa shape index (κ2) is 7.22. The third-order valence-electron chi connectivity index (χ3n) is 3.77. The van der Waals surface area contributed by atoms with E-state index in [9.17, 15) is 15.3 Å². The Hall–Kier alpha value is -2.43. The number of carbonyl (C=O) groups is 1. The van der Waals surface area contributed by atoms with E-state index in [4.69, 9.17) is 0 Å². The summed E-state index contributed by atoms with van der Waals surface area (Å²) in [5.41, 5.74) is 2.44. The minimum atomic E-state index is -1.44. The number of Topliss-reactive ketones (excluding diaryl/α,β-unsaturated/α-hetero) is 1. The number of ketones is 1. The molecule has 23 heavy (non-hydrogen) atoms. The summed E-state index contributed by atoms with van der Waals surface area (Å²) in [6.45, 7) is 1.95. The molecule has 2 aromatic carbocycles. The molecule has 114 valence electrons. The molecule has 0 radical (unpaired) electrons. The van der Waals surface area contributed by atoms with Gasteiger partial charge in [-0.1, -0.05) is 76.1 Å². The summed E-state index contributed by atoms with van der Waals surface area (Å²) < 4.78 is -1.44. The summed E-state index contributed by atoms with van der Waals surface area (Å²) in [6, 6.07) is 20.5. The average molecular weight is 367 g/mol. The molecular formula is C19H15BrN2O. The second-order valence-corrected chi connectivity index (χ2v) is 6.64. The van der Waals surface area contributed by atoms with Crippen LogP contribution in [0.15, 0.2) is 54.6 Å². The van der Waals surface area contributed by atoms with E-state index in [2.05, 4.69) is 15.9 Å². The van der Waals surface area contributed by atoms with E-state index in [0.717, 1.165) is 11.1 Å². The zero-order valence-electron chi connectivity index (χ0n) is 12.7. The molecule has 4 heteroatoms. The predicted octanol–water partition coefficient (Wildman–Crippen LogP) is 4.53. The molecule has 0 bridgehead atoms. The molecule has 0 spiro atoms. The number of aryl methyl sites for hydroxylation is 1. The third-order valence-corrected chi connectivity index (χ3v) is 4.68. The fraction of sp³-hybridized carbons (Fsp3) is 0.211. The first-order valence-corrected chi connectivity index (χ1v) is 7.95. The first kappa shape index (κ1) is 16.9. The van der Waals surface area contributed by atoms with Gasteiger partial charge in [-0.2, -0.15) is 10.5 Å². The fourth-order valence-corrected chi connectivity index (χ4v) is 2.82. The van der Waals surface area contributed by atoms with Crippen molar-refractivity contribution in [2.75, 3.05) is 0 Å². The highest BCUT2D eigenvalue weighted by molar-refractivity contribution is 9.10. The van der Waals surface area contributed by atoms with Crippen LogP contribution >= 0.6 is 15.9 Å². The lowest BCUT2D eigenvalue weighted by molar-refractivity contribution is 0.0972. The maximum Gasteiger partial charge on any atom is 0.204 e. The average Bonchev–Trinajstić information content (AvgIpc) is 2.60. The van der Waals surface area contributed by atoms with Crippen LogP contribution in [0.4, 0.5) is 0 Å². The van der Waals surface area contributed by atoms with E-state index in [1.807, 2.05) is 61.5 Å². The Morgan fingerprint density at radius 3 is 2.17 bits per heavy atom. The van der Waals surface area contributed by atoms with Crippen molar-refractivity contribution in [2.45, 2.75) is 23.6 Å². The first-order valence-electron chi connectivity index (χ1n) is 7.16. The Labute approximate surface area is 144 Å². The molecule has 0 N–H and O–H groups in total. The molecular weight excluding hydrogens is 352 g/mol. The number of rotatable bonds is 5. The van der Waals surface area contributed by atoms with Gasteiger partial charge in [-0.15, -0.1) is 0 Å². The van der Waals surface area contributed by atoms with Crippen LogP contribution in [0, 0.1) is 29.6 Å². The number of alkyl halides is 1. The maximum atomic E-state index is 12.6. The smallest absolute Gasteiger partial charge is 0.204 e. The van der Waals surface area contributed by atoms with E-state index in [1.54, 1.807) is 12.1 Å². The molecule has 1 atom stereocenters. The van der Waals surface area contributed by atoms with Gasteiger partial charge in [0.25, 0.3) is 0 Å². The van der Waals surface area contributed by atoms with E-state index < -0.39 is 10.2 Å². The number of hydrogen-bond donors (Lipinski definition) is 0. The quantitative estimate of drug-likeness (QED) is 0.576. The Bertz CT molecular complexity index is 756. The van der Waals surface area contributed by atoms with Gasteiger partial charge in [0.2, 0.25) is 4.32 Å². The maximum absolute atomic E-state index is 12.6. The molecule has 2 aromatic rings. The number of nitriles is 2. The van der Waals surface area contributed by atoms with Crippen molar-refractivity contribution in [1.82, 2.24) is 0 Å². The molecule has 0 aliphatic heterocycles. The van der Waals surface area contributed by atoms with Crippen LogP contribution in [0.5, 0.6) is 0 Å². The van der Waals surface area contributed by atoms with E-state index in [0.29, 0.717) is 5.56 Å². The Balaban J connectivity index is 2.36. The van der Waals surface area contributed by atoms with Crippen LogP contribution < -0.4 is 0 Å². The van der Waals surface area contributed by atoms with Crippen molar-refractivity contribution in [2.24, 2.45) is 0 Å². The van der Waals surface area contributed by atoms with Crippen LogP contribution in [0.3, 0.4) is 0 Å². The van der Waals surface area contributed by atoms with Gasteiger partial charge >= 0.3 is 0 Å². The fourth-order valence-electron chi connectivity index (χ4n) is 2.40. The third kappa shape index (κ3) is 3.86. The topological polar surface area (TPSA) is 64.7 Å².